The van der Waals surface area contributed by atoms with E-state index in [0.717, 1.165) is 28.9 Å². The van der Waals surface area contributed by atoms with Crippen molar-refractivity contribution in [2.24, 2.45) is 12.9 Å². The molecule has 2 aromatic rings. The second kappa shape index (κ2) is 7.83. The Morgan fingerprint density at radius 2 is 2.35 bits per heavy atom. The minimum absolute atomic E-state index is 0.274. The van der Waals surface area contributed by atoms with Crippen molar-refractivity contribution in [1.82, 2.24) is 15.0 Å². The maximum atomic E-state index is 5.64. The first-order valence-electron chi connectivity index (χ1n) is 6.49. The first-order valence-corrected chi connectivity index (χ1v) is 8.27. The zero-order valence-electron chi connectivity index (χ0n) is 11.4. The van der Waals surface area contributed by atoms with Gasteiger partial charge in [0, 0.05) is 47.0 Å². The smallest absolute Gasteiger partial charge is 0.108 e. The standard InChI is InChI=1S/C14H19BrN4S/c1-19-8-7-17-14(19)6-5-12(18-16)10-20-13-4-2-3-11(15)9-13/h2-4,7-9,12,18H,5-6,10,16H2,1H3. The van der Waals surface area contributed by atoms with Gasteiger partial charge in [-0.1, -0.05) is 22.0 Å². The van der Waals surface area contributed by atoms with Crippen molar-refractivity contribution >= 4 is 27.7 Å². The van der Waals surface area contributed by atoms with Gasteiger partial charge in [0.25, 0.3) is 0 Å². The molecular formula is C14H19BrN4S. The molecule has 1 heterocycles. The van der Waals surface area contributed by atoms with Gasteiger partial charge in [-0.05, 0) is 24.6 Å². The number of nitrogens with zero attached hydrogens (tertiary/aromatic N) is 2. The second-order valence-corrected chi connectivity index (χ2v) is 6.63. The molecule has 2 rings (SSSR count). The molecule has 108 valence electrons. The lowest BCUT2D eigenvalue weighted by atomic mass is 10.2. The summed E-state index contributed by atoms with van der Waals surface area (Å²) in [5, 5.41) is 0. The van der Waals surface area contributed by atoms with Crippen molar-refractivity contribution < 1.29 is 0 Å². The van der Waals surface area contributed by atoms with E-state index in [1.54, 1.807) is 0 Å². The molecular weight excluding hydrogens is 336 g/mol. The van der Waals surface area contributed by atoms with Crippen LogP contribution in [0.25, 0.3) is 0 Å². The van der Waals surface area contributed by atoms with Gasteiger partial charge < -0.3 is 4.57 Å². The number of hydrogen-bond donors (Lipinski definition) is 2. The topological polar surface area (TPSA) is 55.9 Å². The van der Waals surface area contributed by atoms with Crippen LogP contribution in [0.4, 0.5) is 0 Å². The van der Waals surface area contributed by atoms with Gasteiger partial charge >= 0.3 is 0 Å². The van der Waals surface area contributed by atoms with Gasteiger partial charge in [-0.2, -0.15) is 0 Å². The quantitative estimate of drug-likeness (QED) is 0.456. The molecule has 3 N–H and O–H groups in total. The largest absolute Gasteiger partial charge is 0.338 e. The molecule has 0 bridgehead atoms. The number of halogens is 1. The van der Waals surface area contributed by atoms with E-state index in [9.17, 15) is 0 Å². The third-order valence-electron chi connectivity index (χ3n) is 3.12. The highest BCUT2D eigenvalue weighted by Crippen LogP contribution is 2.23. The fourth-order valence-corrected chi connectivity index (χ4v) is 3.50. The summed E-state index contributed by atoms with van der Waals surface area (Å²) in [6.45, 7) is 0. The lowest BCUT2D eigenvalue weighted by molar-refractivity contribution is 0.528. The Kier molecular flexibility index (Phi) is 6.09. The van der Waals surface area contributed by atoms with Gasteiger partial charge in [0.05, 0.1) is 0 Å². The lowest BCUT2D eigenvalue weighted by Gasteiger charge is -2.15. The number of nitrogens with one attached hydrogen (secondary N) is 1. The van der Waals surface area contributed by atoms with E-state index in [4.69, 9.17) is 5.84 Å². The van der Waals surface area contributed by atoms with Crippen LogP contribution in [0.15, 0.2) is 46.0 Å². The van der Waals surface area contributed by atoms with Crippen molar-refractivity contribution in [3.63, 3.8) is 0 Å². The van der Waals surface area contributed by atoms with Crippen LogP contribution in [0.2, 0.25) is 0 Å². The molecule has 0 aliphatic carbocycles. The number of benzene rings is 1. The number of hydrogen-bond acceptors (Lipinski definition) is 4. The minimum atomic E-state index is 0.274. The molecule has 0 radical (unpaired) electrons. The molecule has 0 saturated carbocycles. The highest BCUT2D eigenvalue weighted by atomic mass is 79.9. The summed E-state index contributed by atoms with van der Waals surface area (Å²) < 4.78 is 3.16. The third-order valence-corrected chi connectivity index (χ3v) is 4.77. The van der Waals surface area contributed by atoms with Gasteiger partial charge in [-0.15, -0.1) is 11.8 Å². The van der Waals surface area contributed by atoms with Crippen molar-refractivity contribution in [2.45, 2.75) is 23.8 Å². The number of rotatable bonds is 7. The van der Waals surface area contributed by atoms with Crippen molar-refractivity contribution in [1.29, 1.82) is 0 Å². The summed E-state index contributed by atoms with van der Waals surface area (Å²) in [6, 6.07) is 8.59. The fourth-order valence-electron chi connectivity index (χ4n) is 1.91. The summed E-state index contributed by atoms with van der Waals surface area (Å²) >= 11 is 5.30. The second-order valence-electron chi connectivity index (χ2n) is 4.63. The first kappa shape index (κ1) is 15.6. The summed E-state index contributed by atoms with van der Waals surface area (Å²) in [5.74, 6) is 7.68. The Bertz CT molecular complexity index is 543. The van der Waals surface area contributed by atoms with E-state index in [-0.39, 0.29) is 6.04 Å². The van der Waals surface area contributed by atoms with Gasteiger partial charge in [0.1, 0.15) is 5.82 Å². The van der Waals surface area contributed by atoms with Crippen molar-refractivity contribution in [3.05, 3.63) is 47.0 Å². The molecule has 0 spiro atoms. The minimum Gasteiger partial charge on any atom is -0.338 e. The monoisotopic (exact) mass is 354 g/mol. The van der Waals surface area contributed by atoms with Gasteiger partial charge in [0.2, 0.25) is 0 Å². The molecule has 1 aromatic carbocycles. The average molecular weight is 355 g/mol. The van der Waals surface area contributed by atoms with Crippen LogP contribution in [-0.4, -0.2) is 21.3 Å². The predicted octanol–water partition coefficient (Wildman–Crippen LogP) is 2.74. The molecule has 1 aromatic heterocycles. The Balaban J connectivity index is 1.82. The highest BCUT2D eigenvalue weighted by Gasteiger charge is 2.09. The number of aromatic nitrogens is 2. The van der Waals surface area contributed by atoms with E-state index in [0.29, 0.717) is 0 Å². The molecule has 0 aliphatic heterocycles. The number of hydrazine groups is 1. The van der Waals surface area contributed by atoms with Crippen LogP contribution in [-0.2, 0) is 13.5 Å². The number of aryl methyl sites for hydroxylation is 2. The Labute approximate surface area is 132 Å². The van der Waals surface area contributed by atoms with Crippen LogP contribution >= 0.6 is 27.7 Å². The van der Waals surface area contributed by atoms with Gasteiger partial charge in [0.15, 0.2) is 0 Å². The van der Waals surface area contributed by atoms with Crippen LogP contribution in [0.1, 0.15) is 12.2 Å². The number of nitrogens with two attached hydrogens (primary N) is 1. The molecule has 0 amide bonds. The predicted molar refractivity (Wildman–Crippen MR) is 87.5 cm³/mol. The van der Waals surface area contributed by atoms with E-state index in [2.05, 4.69) is 43.0 Å². The van der Waals surface area contributed by atoms with Crippen molar-refractivity contribution in [2.75, 3.05) is 5.75 Å². The van der Waals surface area contributed by atoms with Crippen LogP contribution in [0.5, 0.6) is 0 Å². The Hall–Kier alpha value is -0.820. The highest BCUT2D eigenvalue weighted by molar-refractivity contribution is 9.10. The van der Waals surface area contributed by atoms with E-state index >= 15 is 0 Å². The maximum Gasteiger partial charge on any atom is 0.108 e. The zero-order chi connectivity index (χ0) is 14.4. The number of thioether (sulfide) groups is 1. The third kappa shape index (κ3) is 4.63. The van der Waals surface area contributed by atoms with E-state index < -0.39 is 0 Å². The van der Waals surface area contributed by atoms with Gasteiger partial charge in [-0.3, -0.25) is 11.3 Å². The summed E-state index contributed by atoms with van der Waals surface area (Å²) in [6.07, 6.45) is 5.70. The molecule has 20 heavy (non-hydrogen) atoms. The fraction of sp³-hybridized carbons (Fsp3) is 0.357. The Morgan fingerprint density at radius 3 is 3.00 bits per heavy atom. The van der Waals surface area contributed by atoms with Gasteiger partial charge in [-0.25, -0.2) is 4.98 Å². The maximum absolute atomic E-state index is 5.64. The van der Waals surface area contributed by atoms with Crippen LogP contribution in [0, 0.1) is 0 Å². The molecule has 4 nitrogen and oxygen atoms in total. The molecule has 6 heteroatoms. The Morgan fingerprint density at radius 1 is 1.50 bits per heavy atom. The van der Waals surface area contributed by atoms with Crippen LogP contribution < -0.4 is 11.3 Å². The molecule has 0 fully saturated rings. The summed E-state index contributed by atoms with van der Waals surface area (Å²) in [5.41, 5.74) is 2.90. The summed E-state index contributed by atoms with van der Waals surface area (Å²) in [7, 11) is 2.02. The molecule has 0 aliphatic rings. The SMILES string of the molecule is Cn1ccnc1CCC(CSc1cccc(Br)c1)NN. The molecule has 1 unspecified atom stereocenters. The van der Waals surface area contributed by atoms with Crippen LogP contribution in [0.3, 0.4) is 0 Å². The normalized spacial score (nSPS) is 12.6. The summed E-state index contributed by atoms with van der Waals surface area (Å²) in [4.78, 5) is 5.58. The average Bonchev–Trinajstić information content (AvgIpc) is 2.85. The lowest BCUT2D eigenvalue weighted by Crippen LogP contribution is -2.37. The van der Waals surface area contributed by atoms with Crippen molar-refractivity contribution in [3.8, 4) is 0 Å². The molecule has 1 atom stereocenters. The van der Waals surface area contributed by atoms with E-state index in [1.807, 2.05) is 43.3 Å². The first-order chi connectivity index (χ1) is 9.69. The van der Waals surface area contributed by atoms with E-state index in [1.165, 1.54) is 4.90 Å². The number of imidazole rings is 1. The zero-order valence-corrected chi connectivity index (χ0v) is 13.8. The molecule has 0 saturated heterocycles.